The monoisotopic (exact) mass is 446 g/mol. The van der Waals surface area contributed by atoms with E-state index >= 15 is 0 Å². The number of aromatic nitrogens is 1. The van der Waals surface area contributed by atoms with Crippen LogP contribution in [0.4, 0.5) is 5.13 Å². The van der Waals surface area contributed by atoms with Crippen LogP contribution in [-0.2, 0) is 14.4 Å². The maximum absolute atomic E-state index is 12.6. The zero-order valence-electron chi connectivity index (χ0n) is 15.7. The van der Waals surface area contributed by atoms with Crippen molar-refractivity contribution in [1.29, 1.82) is 0 Å². The molecule has 1 unspecified atom stereocenters. The minimum Gasteiger partial charge on any atom is -0.477 e. The first kappa shape index (κ1) is 20.4. The molecule has 30 heavy (non-hydrogen) atoms. The Morgan fingerprint density at radius 3 is 2.90 bits per heavy atom. The number of carboxylic acid groups (broad SMARTS) is 1. The first-order valence-electron chi connectivity index (χ1n) is 9.00. The summed E-state index contributed by atoms with van der Waals surface area (Å²) in [5.74, 6) is -2.04. The van der Waals surface area contributed by atoms with Crippen molar-refractivity contribution in [3.63, 3.8) is 0 Å². The molecule has 2 aromatic rings. The van der Waals surface area contributed by atoms with E-state index in [-0.39, 0.29) is 5.70 Å². The van der Waals surface area contributed by atoms with Crippen LogP contribution in [0.1, 0.15) is 18.6 Å². The van der Waals surface area contributed by atoms with E-state index in [1.807, 2.05) is 0 Å². The number of carboxylic acids is 1. The minimum atomic E-state index is -1.48. The number of allylic oxidation sites excluding steroid dienone is 2. The molecule has 11 heteroatoms. The maximum Gasteiger partial charge on any atom is 0.352 e. The van der Waals surface area contributed by atoms with Crippen LogP contribution in [0.3, 0.4) is 0 Å². The average Bonchev–Trinajstić information content (AvgIpc) is 3.09. The van der Waals surface area contributed by atoms with Gasteiger partial charge in [-0.25, -0.2) is 9.78 Å². The number of aliphatic hydroxyl groups excluding tert-OH is 1. The van der Waals surface area contributed by atoms with Gasteiger partial charge in [-0.3, -0.25) is 14.5 Å². The quantitative estimate of drug-likeness (QED) is 0.502. The van der Waals surface area contributed by atoms with E-state index in [4.69, 9.17) is 5.73 Å². The summed E-state index contributed by atoms with van der Waals surface area (Å²) in [5, 5.41) is 22.4. The van der Waals surface area contributed by atoms with Crippen molar-refractivity contribution in [2.75, 3.05) is 11.5 Å². The molecule has 0 aliphatic carbocycles. The maximum atomic E-state index is 12.6. The third-order valence-corrected chi connectivity index (χ3v) is 7.01. The van der Waals surface area contributed by atoms with Crippen molar-refractivity contribution in [1.82, 2.24) is 15.2 Å². The third-order valence-electron chi connectivity index (χ3n) is 4.86. The normalized spacial score (nSPS) is 22.2. The fourth-order valence-electron chi connectivity index (χ4n) is 3.48. The minimum absolute atomic E-state index is 0.0684. The fraction of sp³-hybridized carbons (Fsp3) is 0.263. The summed E-state index contributed by atoms with van der Waals surface area (Å²) in [4.78, 5) is 42.2. The van der Waals surface area contributed by atoms with E-state index in [0.717, 1.165) is 4.70 Å². The molecule has 1 fully saturated rings. The molecule has 2 aliphatic rings. The number of nitrogens with zero attached hydrogens (tertiary/aromatic N) is 2. The molecule has 2 amide bonds. The molecule has 0 saturated carbocycles. The molecular weight excluding hydrogens is 428 g/mol. The van der Waals surface area contributed by atoms with Gasteiger partial charge in [-0.1, -0.05) is 29.6 Å². The van der Waals surface area contributed by atoms with Crippen molar-refractivity contribution in [2.45, 2.75) is 24.4 Å². The Bertz CT molecular complexity index is 1130. The molecule has 0 radical (unpaired) electrons. The van der Waals surface area contributed by atoms with Gasteiger partial charge in [-0.05, 0) is 30.2 Å². The Morgan fingerprint density at radius 1 is 1.43 bits per heavy atom. The van der Waals surface area contributed by atoms with Crippen LogP contribution in [0, 0.1) is 0 Å². The van der Waals surface area contributed by atoms with Gasteiger partial charge in [0, 0.05) is 5.75 Å². The van der Waals surface area contributed by atoms with Gasteiger partial charge in [0.15, 0.2) is 11.2 Å². The smallest absolute Gasteiger partial charge is 0.352 e. The van der Waals surface area contributed by atoms with Gasteiger partial charge < -0.3 is 21.3 Å². The third kappa shape index (κ3) is 3.34. The van der Waals surface area contributed by atoms with E-state index < -0.39 is 35.3 Å². The number of thioether (sulfide) groups is 1. The second-order valence-corrected chi connectivity index (χ2v) is 8.92. The van der Waals surface area contributed by atoms with Gasteiger partial charge >= 0.3 is 5.97 Å². The summed E-state index contributed by atoms with van der Waals surface area (Å²) >= 11 is 2.60. The molecule has 9 nitrogen and oxygen atoms in total. The molecule has 0 spiro atoms. The molecule has 4 rings (SSSR count). The summed E-state index contributed by atoms with van der Waals surface area (Å²) in [5.41, 5.74) is 7.17. The van der Waals surface area contributed by atoms with Crippen LogP contribution in [0.15, 0.2) is 41.6 Å². The zero-order chi connectivity index (χ0) is 21.6. The van der Waals surface area contributed by atoms with Gasteiger partial charge in [-0.15, -0.1) is 11.8 Å². The van der Waals surface area contributed by atoms with E-state index in [9.17, 15) is 24.6 Å². The summed E-state index contributed by atoms with van der Waals surface area (Å²) in [6.45, 7) is 1.77. The van der Waals surface area contributed by atoms with Gasteiger partial charge in [0.25, 0.3) is 11.8 Å². The Hall–Kier alpha value is -2.89. The van der Waals surface area contributed by atoms with Crippen LogP contribution in [-0.4, -0.2) is 55.0 Å². The number of thiazole rings is 1. The lowest BCUT2D eigenvalue weighted by molar-refractivity contribution is -0.151. The Morgan fingerprint density at radius 2 is 2.20 bits per heavy atom. The topological polar surface area (TPSA) is 146 Å². The van der Waals surface area contributed by atoms with Crippen molar-refractivity contribution in [3.05, 3.63) is 47.2 Å². The highest BCUT2D eigenvalue weighted by Crippen LogP contribution is 2.40. The number of nitrogens with one attached hydrogen (secondary N) is 1. The van der Waals surface area contributed by atoms with E-state index in [1.54, 1.807) is 37.3 Å². The highest BCUT2D eigenvalue weighted by Gasteiger charge is 2.54. The number of β-lactam (4-membered cyclic amide) rings is 1. The number of carbonyl (C=O) groups is 3. The number of aliphatic hydroxyl groups is 1. The van der Waals surface area contributed by atoms with Crippen molar-refractivity contribution < 1.29 is 24.6 Å². The number of nitrogens with two attached hydrogens (primary N) is 1. The van der Waals surface area contributed by atoms with Crippen molar-refractivity contribution >= 4 is 56.2 Å². The molecule has 3 atom stereocenters. The number of rotatable bonds is 5. The summed E-state index contributed by atoms with van der Waals surface area (Å²) in [6, 6.07) is 3.96. The lowest BCUT2D eigenvalue weighted by Crippen LogP contribution is -2.70. The first-order chi connectivity index (χ1) is 14.3. The van der Waals surface area contributed by atoms with Crippen LogP contribution in [0.5, 0.6) is 0 Å². The van der Waals surface area contributed by atoms with E-state index in [0.29, 0.717) is 27.5 Å². The summed E-state index contributed by atoms with van der Waals surface area (Å²) in [7, 11) is 0. The predicted molar refractivity (Wildman–Crippen MR) is 113 cm³/mol. The Kier molecular flexibility index (Phi) is 5.26. The van der Waals surface area contributed by atoms with E-state index in [1.165, 1.54) is 28.0 Å². The lowest BCUT2D eigenvalue weighted by atomic mass is 10.0. The highest BCUT2D eigenvalue weighted by atomic mass is 32.2. The predicted octanol–water partition coefficient (Wildman–Crippen LogP) is 1.23. The van der Waals surface area contributed by atoms with E-state index in [2.05, 4.69) is 10.3 Å². The van der Waals surface area contributed by atoms with Crippen LogP contribution >= 0.6 is 23.1 Å². The number of carbonyl (C=O) groups excluding carboxylic acids is 2. The number of nitrogen functional groups attached to an aromatic ring is 1. The first-order valence-corrected chi connectivity index (χ1v) is 10.9. The standard InChI is InChI=1S/C19H18N4O5S2/c1-2-3-9-7-29-17-12(16(26)23(17)13(9)18(27)28)22-15(25)14(24)8-4-5-10-11(6-8)30-19(20)21-10/h2-6,12,14,17,24H,7H2,1H3,(H2,20,21)(H,22,25)(H,27,28)/b3-2-/t12?,14-,17-/m1/s1. The summed E-state index contributed by atoms with van der Waals surface area (Å²) in [6.07, 6.45) is 1.89. The van der Waals surface area contributed by atoms with Gasteiger partial charge in [0.1, 0.15) is 17.1 Å². The number of fused-ring (bicyclic) bond motifs is 2. The van der Waals surface area contributed by atoms with Crippen LogP contribution in [0.2, 0.25) is 0 Å². The number of anilines is 1. The second-order valence-electron chi connectivity index (χ2n) is 6.76. The molecule has 3 heterocycles. The number of hydrogen-bond donors (Lipinski definition) is 4. The number of hydrogen-bond acceptors (Lipinski definition) is 8. The highest BCUT2D eigenvalue weighted by molar-refractivity contribution is 8.00. The molecular formula is C19H18N4O5S2. The summed E-state index contributed by atoms with van der Waals surface area (Å²) < 4.78 is 0.735. The SMILES string of the molecule is C/C=C\C1=C(C(=O)O)N2C(=O)C(NC(=O)[C@H](O)c3ccc4nc(N)sc4c3)[C@H]2SC1. The average molecular weight is 447 g/mol. The molecule has 1 saturated heterocycles. The fourth-order valence-corrected chi connectivity index (χ4v) is 5.59. The zero-order valence-corrected chi connectivity index (χ0v) is 17.4. The molecule has 156 valence electrons. The van der Waals surface area contributed by atoms with Crippen molar-refractivity contribution in [3.8, 4) is 0 Å². The number of aliphatic carboxylic acids is 1. The van der Waals surface area contributed by atoms with Gasteiger partial charge in [0.05, 0.1) is 10.2 Å². The van der Waals surface area contributed by atoms with Crippen molar-refractivity contribution in [2.24, 2.45) is 0 Å². The van der Waals surface area contributed by atoms with Crippen LogP contribution < -0.4 is 11.1 Å². The second kappa shape index (κ2) is 7.74. The van der Waals surface area contributed by atoms with Gasteiger partial charge in [0.2, 0.25) is 0 Å². The Labute approximate surface area is 179 Å². The molecule has 2 aliphatic heterocycles. The Balaban J connectivity index is 1.50. The molecule has 1 aromatic heterocycles. The molecule has 1 aromatic carbocycles. The van der Waals surface area contributed by atoms with Crippen LogP contribution in [0.25, 0.3) is 10.2 Å². The number of amides is 2. The van der Waals surface area contributed by atoms with Gasteiger partial charge in [-0.2, -0.15) is 0 Å². The largest absolute Gasteiger partial charge is 0.477 e. The molecule has 0 bridgehead atoms. The number of benzene rings is 1. The lowest BCUT2D eigenvalue weighted by Gasteiger charge is -2.49. The molecule has 5 N–H and O–H groups in total.